The van der Waals surface area contributed by atoms with Gasteiger partial charge in [0, 0.05) is 30.7 Å². The van der Waals surface area contributed by atoms with Gasteiger partial charge in [-0.2, -0.15) is 0 Å². The van der Waals surface area contributed by atoms with Crippen molar-refractivity contribution in [3.8, 4) is 5.75 Å². The minimum atomic E-state index is -3.28. The quantitative estimate of drug-likeness (QED) is 0.770. The SMILES string of the molecule is CC1Cc2cc(NS(C)(=O)=O)ccc2OC12CCC(N1CCc3ccccc3C1)CC2. The van der Waals surface area contributed by atoms with Gasteiger partial charge >= 0.3 is 0 Å². The highest BCUT2D eigenvalue weighted by Gasteiger charge is 2.46. The molecular weight excluding hydrogens is 408 g/mol. The lowest BCUT2D eigenvalue weighted by atomic mass is 9.70. The Bertz CT molecular complexity index is 1070. The minimum absolute atomic E-state index is 0.0943. The molecule has 0 aromatic heterocycles. The van der Waals surface area contributed by atoms with Crippen LogP contribution < -0.4 is 9.46 Å². The predicted molar refractivity (Wildman–Crippen MR) is 124 cm³/mol. The van der Waals surface area contributed by atoms with Crippen LogP contribution in [-0.2, 0) is 29.4 Å². The standard InChI is InChI=1S/C25H32N2O3S/c1-18-15-21-16-22(26-31(2,28)29)7-8-24(21)30-25(18)12-9-23(10-13-25)27-14-11-19-5-3-4-6-20(19)17-27/h3-8,16,18,23,26H,9-15,17H2,1-2H3. The van der Waals surface area contributed by atoms with E-state index in [2.05, 4.69) is 40.8 Å². The molecular formula is C25H32N2O3S. The highest BCUT2D eigenvalue weighted by atomic mass is 32.2. The lowest BCUT2D eigenvalue weighted by Gasteiger charge is -2.49. The molecule has 1 spiro atoms. The maximum atomic E-state index is 11.6. The van der Waals surface area contributed by atoms with Crippen molar-refractivity contribution < 1.29 is 13.2 Å². The second-order valence-corrected chi connectivity index (χ2v) is 11.4. The van der Waals surface area contributed by atoms with E-state index in [0.29, 0.717) is 17.6 Å². The zero-order valence-electron chi connectivity index (χ0n) is 18.4. The smallest absolute Gasteiger partial charge is 0.229 e. The molecule has 0 radical (unpaired) electrons. The summed E-state index contributed by atoms with van der Waals surface area (Å²) >= 11 is 0. The van der Waals surface area contributed by atoms with Crippen molar-refractivity contribution in [2.75, 3.05) is 17.5 Å². The van der Waals surface area contributed by atoms with Crippen LogP contribution in [0.3, 0.4) is 0 Å². The first kappa shape index (κ1) is 20.8. The van der Waals surface area contributed by atoms with Gasteiger partial charge in [-0.05, 0) is 73.4 Å². The third kappa shape index (κ3) is 4.20. The number of nitrogens with one attached hydrogen (secondary N) is 1. The number of fused-ring (bicyclic) bond motifs is 2. The Labute approximate surface area is 185 Å². The molecule has 1 atom stereocenters. The fourth-order valence-corrected chi connectivity index (χ4v) is 6.39. The van der Waals surface area contributed by atoms with Crippen LogP contribution in [-0.4, -0.2) is 37.8 Å². The number of hydrogen-bond acceptors (Lipinski definition) is 4. The molecule has 0 saturated heterocycles. The molecule has 166 valence electrons. The molecule has 1 unspecified atom stereocenters. The van der Waals surface area contributed by atoms with Gasteiger partial charge in [0.2, 0.25) is 10.0 Å². The Hall–Kier alpha value is -2.05. The summed E-state index contributed by atoms with van der Waals surface area (Å²) in [5, 5.41) is 0. The maximum Gasteiger partial charge on any atom is 0.229 e. The van der Waals surface area contributed by atoms with E-state index < -0.39 is 10.0 Å². The van der Waals surface area contributed by atoms with E-state index in [1.54, 1.807) is 6.07 Å². The molecule has 0 amide bonds. The first-order valence-corrected chi connectivity index (χ1v) is 13.3. The second kappa shape index (κ2) is 7.82. The Morgan fingerprint density at radius 3 is 2.55 bits per heavy atom. The zero-order valence-corrected chi connectivity index (χ0v) is 19.2. The van der Waals surface area contributed by atoms with Crippen LogP contribution in [0, 0.1) is 5.92 Å². The van der Waals surface area contributed by atoms with Crippen LogP contribution in [0.4, 0.5) is 5.69 Å². The first-order valence-electron chi connectivity index (χ1n) is 11.4. The fourth-order valence-electron chi connectivity index (χ4n) is 5.83. The van der Waals surface area contributed by atoms with Crippen molar-refractivity contribution in [1.82, 2.24) is 4.90 Å². The monoisotopic (exact) mass is 440 g/mol. The fraction of sp³-hybridized carbons (Fsp3) is 0.520. The van der Waals surface area contributed by atoms with Gasteiger partial charge in [0.05, 0.1) is 6.26 Å². The summed E-state index contributed by atoms with van der Waals surface area (Å²) in [6.45, 7) is 4.52. The van der Waals surface area contributed by atoms with Crippen molar-refractivity contribution in [2.24, 2.45) is 5.92 Å². The van der Waals surface area contributed by atoms with Crippen LogP contribution in [0.15, 0.2) is 42.5 Å². The van der Waals surface area contributed by atoms with E-state index >= 15 is 0 Å². The molecule has 1 saturated carbocycles. The normalized spacial score (nSPS) is 28.5. The molecule has 3 aliphatic rings. The molecule has 0 bridgehead atoms. The predicted octanol–water partition coefficient (Wildman–Crippen LogP) is 4.37. The summed E-state index contributed by atoms with van der Waals surface area (Å²) in [4.78, 5) is 2.68. The minimum Gasteiger partial charge on any atom is -0.487 e. The molecule has 5 rings (SSSR count). The first-order chi connectivity index (χ1) is 14.8. The van der Waals surface area contributed by atoms with E-state index in [4.69, 9.17) is 4.74 Å². The zero-order chi connectivity index (χ0) is 21.6. The summed E-state index contributed by atoms with van der Waals surface area (Å²) in [6.07, 6.45) is 7.78. The number of rotatable bonds is 3. The van der Waals surface area contributed by atoms with Crippen molar-refractivity contribution in [3.63, 3.8) is 0 Å². The molecule has 1 N–H and O–H groups in total. The van der Waals surface area contributed by atoms with Gasteiger partial charge in [0.1, 0.15) is 11.4 Å². The summed E-state index contributed by atoms with van der Waals surface area (Å²) in [6, 6.07) is 15.2. The van der Waals surface area contributed by atoms with Crippen molar-refractivity contribution in [2.45, 2.75) is 63.6 Å². The van der Waals surface area contributed by atoms with Crippen LogP contribution in [0.1, 0.15) is 49.3 Å². The van der Waals surface area contributed by atoms with Crippen LogP contribution >= 0.6 is 0 Å². The lowest BCUT2D eigenvalue weighted by Crippen LogP contribution is -2.52. The van der Waals surface area contributed by atoms with Gasteiger partial charge in [-0.25, -0.2) is 8.42 Å². The molecule has 31 heavy (non-hydrogen) atoms. The summed E-state index contributed by atoms with van der Waals surface area (Å²) in [5.74, 6) is 1.33. The third-order valence-electron chi connectivity index (χ3n) is 7.58. The molecule has 2 heterocycles. The van der Waals surface area contributed by atoms with Gasteiger partial charge in [0.25, 0.3) is 0 Å². The topological polar surface area (TPSA) is 58.6 Å². The second-order valence-electron chi connectivity index (χ2n) is 9.69. The Balaban J connectivity index is 1.27. The number of sulfonamides is 1. The highest BCUT2D eigenvalue weighted by Crippen LogP contribution is 2.46. The molecule has 2 aromatic carbocycles. The van der Waals surface area contributed by atoms with Gasteiger partial charge in [-0.15, -0.1) is 0 Å². The van der Waals surface area contributed by atoms with E-state index in [1.807, 2.05) is 12.1 Å². The Morgan fingerprint density at radius 1 is 1.06 bits per heavy atom. The number of anilines is 1. The number of hydrogen-bond donors (Lipinski definition) is 1. The molecule has 5 nitrogen and oxygen atoms in total. The number of nitrogens with zero attached hydrogens (tertiary/aromatic N) is 1. The van der Waals surface area contributed by atoms with E-state index in [0.717, 1.165) is 50.1 Å². The van der Waals surface area contributed by atoms with Crippen molar-refractivity contribution in [1.29, 1.82) is 0 Å². The average Bonchev–Trinajstić information content (AvgIpc) is 2.74. The lowest BCUT2D eigenvalue weighted by molar-refractivity contribution is -0.0508. The van der Waals surface area contributed by atoms with Crippen LogP contribution in [0.25, 0.3) is 0 Å². The molecule has 6 heteroatoms. The van der Waals surface area contributed by atoms with Gasteiger partial charge in [-0.1, -0.05) is 31.2 Å². The Kier molecular flexibility index (Phi) is 5.25. The van der Waals surface area contributed by atoms with E-state index in [1.165, 1.54) is 30.2 Å². The maximum absolute atomic E-state index is 11.6. The molecule has 1 aliphatic carbocycles. The summed E-state index contributed by atoms with van der Waals surface area (Å²) < 4.78 is 32.3. The van der Waals surface area contributed by atoms with Crippen molar-refractivity contribution >= 4 is 15.7 Å². The van der Waals surface area contributed by atoms with E-state index in [-0.39, 0.29) is 5.60 Å². The number of benzene rings is 2. The molecule has 2 aromatic rings. The van der Waals surface area contributed by atoms with Crippen LogP contribution in [0.2, 0.25) is 0 Å². The van der Waals surface area contributed by atoms with Gasteiger partial charge in [-0.3, -0.25) is 9.62 Å². The van der Waals surface area contributed by atoms with Gasteiger partial charge < -0.3 is 4.74 Å². The highest BCUT2D eigenvalue weighted by molar-refractivity contribution is 7.92. The third-order valence-corrected chi connectivity index (χ3v) is 8.19. The largest absolute Gasteiger partial charge is 0.487 e. The summed E-state index contributed by atoms with van der Waals surface area (Å²) in [7, 11) is -3.28. The molecule has 2 aliphatic heterocycles. The summed E-state index contributed by atoms with van der Waals surface area (Å²) in [5.41, 5.74) is 4.62. The average molecular weight is 441 g/mol. The number of ether oxygens (including phenoxy) is 1. The Morgan fingerprint density at radius 2 is 1.81 bits per heavy atom. The van der Waals surface area contributed by atoms with Crippen LogP contribution in [0.5, 0.6) is 5.75 Å². The van der Waals surface area contributed by atoms with Crippen molar-refractivity contribution in [3.05, 3.63) is 59.2 Å². The van der Waals surface area contributed by atoms with Gasteiger partial charge in [0.15, 0.2) is 0 Å². The van der Waals surface area contributed by atoms with E-state index in [9.17, 15) is 8.42 Å². The molecule has 1 fully saturated rings.